The predicted molar refractivity (Wildman–Crippen MR) is 190 cm³/mol. The summed E-state index contributed by atoms with van der Waals surface area (Å²) in [5.74, 6) is -11.9. The third kappa shape index (κ3) is 18.6. The van der Waals surface area contributed by atoms with Gasteiger partial charge in [0.25, 0.3) is 0 Å². The minimum Gasteiger partial charge on any atom is -0.481 e. The third-order valence-corrected chi connectivity index (χ3v) is 8.40. The summed E-state index contributed by atoms with van der Waals surface area (Å²) in [5.41, 5.74) is 5.94. The summed E-state index contributed by atoms with van der Waals surface area (Å²) in [7, 11) is 0. The minimum atomic E-state index is -1.87. The summed E-state index contributed by atoms with van der Waals surface area (Å²) in [6, 6.07) is -8.77. The monoisotopic (exact) mass is 792 g/mol. The first kappa shape index (κ1) is 49.0. The van der Waals surface area contributed by atoms with E-state index >= 15 is 0 Å². The maximum absolute atomic E-state index is 13.0. The molecule has 306 valence electrons. The summed E-state index contributed by atoms with van der Waals surface area (Å²) < 4.78 is 0. The van der Waals surface area contributed by atoms with Gasteiger partial charge in [-0.1, -0.05) is 34.1 Å². The van der Waals surface area contributed by atoms with E-state index in [0.717, 1.165) is 0 Å². The van der Waals surface area contributed by atoms with E-state index in [4.69, 9.17) is 5.73 Å². The van der Waals surface area contributed by atoms with Gasteiger partial charge in [0.1, 0.15) is 30.2 Å². The van der Waals surface area contributed by atoms with Crippen LogP contribution in [0.2, 0.25) is 0 Å². The number of nitrogens with one attached hydrogen (secondary N) is 7. The van der Waals surface area contributed by atoms with Gasteiger partial charge in [-0.2, -0.15) is 11.8 Å². The first-order chi connectivity index (χ1) is 25.2. The maximum atomic E-state index is 13.0. The van der Waals surface area contributed by atoms with Crippen molar-refractivity contribution in [1.29, 1.82) is 0 Å². The largest absolute Gasteiger partial charge is 0.481 e. The smallest absolute Gasteiger partial charge is 0.326 e. The molecule has 54 heavy (non-hydrogen) atoms. The number of carboxylic acids is 3. The van der Waals surface area contributed by atoms with Crippen LogP contribution in [0.1, 0.15) is 53.4 Å². The van der Waals surface area contributed by atoms with Crippen LogP contribution in [0, 0.1) is 11.8 Å². The van der Waals surface area contributed by atoms with Crippen molar-refractivity contribution in [3.63, 3.8) is 0 Å². The van der Waals surface area contributed by atoms with Crippen LogP contribution in [0.25, 0.3) is 0 Å². The summed E-state index contributed by atoms with van der Waals surface area (Å²) in [6.07, 6.45) is 0.389. The number of carboxylic acid groups (broad SMARTS) is 3. The van der Waals surface area contributed by atoms with Gasteiger partial charge in [0.05, 0.1) is 38.6 Å². The average molecular weight is 793 g/mol. The van der Waals surface area contributed by atoms with Gasteiger partial charge >= 0.3 is 17.9 Å². The SMILES string of the molecule is CC[C@H](C)[C@H](N)C(=O)N[C@H](C(=O)N[C@@H](CO)C(=O)N[C@@H](CC(=O)O)C(=O)NCC(=O)N[C@@H](CC(=O)O)C(=O)NCC(=O)N[C@@H](CCSC)C(=O)O)C(C)C. The molecule has 0 aromatic heterocycles. The molecule has 0 saturated heterocycles. The molecule has 0 rings (SSSR count). The molecule has 0 spiro atoms. The second kappa shape index (κ2) is 25.1. The van der Waals surface area contributed by atoms with Crippen molar-refractivity contribution in [2.75, 3.05) is 31.7 Å². The summed E-state index contributed by atoms with van der Waals surface area (Å²) in [5, 5.41) is 52.7. The highest BCUT2D eigenvalue weighted by molar-refractivity contribution is 7.98. The number of nitrogens with two attached hydrogens (primary N) is 1. The van der Waals surface area contributed by atoms with Gasteiger partial charge in [-0.05, 0) is 30.3 Å². The fourth-order valence-corrected chi connectivity index (χ4v) is 4.83. The van der Waals surface area contributed by atoms with E-state index in [0.29, 0.717) is 12.2 Å². The molecular weight excluding hydrogens is 740 g/mol. The van der Waals surface area contributed by atoms with Crippen LogP contribution in [0.3, 0.4) is 0 Å². The Morgan fingerprint density at radius 3 is 1.50 bits per heavy atom. The van der Waals surface area contributed by atoms with Crippen molar-refractivity contribution < 1.29 is 68.4 Å². The second-order valence-electron chi connectivity index (χ2n) is 12.4. The Balaban J connectivity index is 5.53. The lowest BCUT2D eigenvalue weighted by molar-refractivity contribution is -0.142. The van der Waals surface area contributed by atoms with Gasteiger partial charge < -0.3 is 63.4 Å². The highest BCUT2D eigenvalue weighted by atomic mass is 32.2. The fourth-order valence-electron chi connectivity index (χ4n) is 4.36. The molecule has 0 radical (unpaired) electrons. The van der Waals surface area contributed by atoms with E-state index in [1.54, 1.807) is 27.0 Å². The molecule has 0 bridgehead atoms. The molecule has 0 heterocycles. The van der Waals surface area contributed by atoms with Crippen molar-refractivity contribution in [3.05, 3.63) is 0 Å². The zero-order chi connectivity index (χ0) is 41.7. The summed E-state index contributed by atoms with van der Waals surface area (Å²) in [6.45, 7) is 4.02. The number of aliphatic carboxylic acids is 3. The Hall–Kier alpha value is -5.03. The van der Waals surface area contributed by atoms with Crippen LogP contribution in [0.15, 0.2) is 0 Å². The standard InChI is InChI=1S/C31H52N8O14S/c1-6-15(4)24(32)29(50)39-25(14(2)3)30(51)38-19(13-40)28(49)37-18(10-23(45)46)27(48)34-12-21(42)36-17(9-22(43)44)26(47)33-11-20(41)35-16(31(52)53)7-8-54-5/h14-19,24-25,40H,6-13,32H2,1-5H3,(H,33,47)(H,34,48)(H,35,41)(H,36,42)(H,37,49)(H,38,51)(H,39,50)(H,43,44)(H,45,46)(H,52,53)/t15-,16-,17-,18-,19-,24-,25-/m0/s1. The van der Waals surface area contributed by atoms with Crippen LogP contribution < -0.4 is 43.0 Å². The minimum absolute atomic E-state index is 0.0868. The number of amides is 7. The lowest BCUT2D eigenvalue weighted by Crippen LogP contribution is -2.60. The zero-order valence-corrected chi connectivity index (χ0v) is 31.4. The van der Waals surface area contributed by atoms with Crippen molar-refractivity contribution in [1.82, 2.24) is 37.2 Å². The van der Waals surface area contributed by atoms with E-state index in [9.17, 15) is 68.4 Å². The lowest BCUT2D eigenvalue weighted by atomic mass is 9.97. The first-order valence-electron chi connectivity index (χ1n) is 16.8. The van der Waals surface area contributed by atoms with E-state index in [1.165, 1.54) is 11.8 Å². The molecule has 7 amide bonds. The molecule has 13 N–H and O–H groups in total. The molecule has 0 unspecified atom stereocenters. The topological polar surface area (TPSA) is 362 Å². The van der Waals surface area contributed by atoms with Gasteiger partial charge in [0.2, 0.25) is 41.4 Å². The number of carbonyl (C=O) groups is 10. The van der Waals surface area contributed by atoms with Crippen LogP contribution in [0.5, 0.6) is 0 Å². The van der Waals surface area contributed by atoms with Gasteiger partial charge in [0.15, 0.2) is 0 Å². The zero-order valence-electron chi connectivity index (χ0n) is 30.6. The van der Waals surface area contributed by atoms with E-state index in [1.807, 2.05) is 17.6 Å². The Bertz CT molecular complexity index is 1370. The first-order valence-corrected chi connectivity index (χ1v) is 18.1. The average Bonchev–Trinajstić information content (AvgIpc) is 3.10. The fraction of sp³-hybridized carbons (Fsp3) is 0.677. The highest BCUT2D eigenvalue weighted by Gasteiger charge is 2.33. The van der Waals surface area contributed by atoms with Crippen molar-refractivity contribution in [2.24, 2.45) is 17.6 Å². The number of carbonyl (C=O) groups excluding carboxylic acids is 7. The molecule has 0 fully saturated rings. The molecule has 0 aromatic carbocycles. The number of rotatable bonds is 26. The molecule has 0 aliphatic rings. The molecule has 22 nitrogen and oxygen atoms in total. The van der Waals surface area contributed by atoms with Crippen molar-refractivity contribution in [2.45, 2.75) is 89.6 Å². The Morgan fingerprint density at radius 1 is 0.630 bits per heavy atom. The molecule has 0 aliphatic carbocycles. The van der Waals surface area contributed by atoms with Crippen molar-refractivity contribution >= 4 is 71.0 Å². The quantitative estimate of drug-likeness (QED) is 0.0392. The molecule has 0 aliphatic heterocycles. The molecule has 0 aromatic rings. The summed E-state index contributed by atoms with van der Waals surface area (Å²) in [4.78, 5) is 123. The predicted octanol–water partition coefficient (Wildman–Crippen LogP) is -4.55. The molecule has 7 atom stereocenters. The third-order valence-electron chi connectivity index (χ3n) is 7.75. The van der Waals surface area contributed by atoms with E-state index < -0.39 is 134 Å². The Morgan fingerprint density at radius 2 is 1.09 bits per heavy atom. The number of hydrogen-bond acceptors (Lipinski definition) is 13. The number of thioether (sulfide) groups is 1. The van der Waals surface area contributed by atoms with Gasteiger partial charge in [-0.15, -0.1) is 0 Å². The molecular formula is C31H52N8O14S. The second-order valence-corrected chi connectivity index (χ2v) is 13.4. The van der Waals surface area contributed by atoms with E-state index in [-0.39, 0.29) is 12.3 Å². The number of hydrogen-bond donors (Lipinski definition) is 12. The van der Waals surface area contributed by atoms with Gasteiger partial charge in [-0.3, -0.25) is 43.2 Å². The van der Waals surface area contributed by atoms with Crippen LogP contribution in [-0.2, 0) is 47.9 Å². The van der Waals surface area contributed by atoms with Crippen LogP contribution in [-0.4, -0.2) is 148 Å². The molecule has 23 heteroatoms. The molecule has 0 saturated carbocycles. The van der Waals surface area contributed by atoms with Gasteiger partial charge in [-0.25, -0.2) is 4.79 Å². The Kier molecular flexibility index (Phi) is 22.7. The summed E-state index contributed by atoms with van der Waals surface area (Å²) >= 11 is 1.34. The lowest BCUT2D eigenvalue weighted by Gasteiger charge is -2.27. The highest BCUT2D eigenvalue weighted by Crippen LogP contribution is 2.09. The Labute approximate surface area is 315 Å². The number of aliphatic hydroxyl groups excluding tert-OH is 1. The van der Waals surface area contributed by atoms with Crippen LogP contribution >= 0.6 is 11.8 Å². The van der Waals surface area contributed by atoms with Gasteiger partial charge in [0, 0.05) is 0 Å². The van der Waals surface area contributed by atoms with Crippen LogP contribution in [0.4, 0.5) is 0 Å². The van der Waals surface area contributed by atoms with E-state index in [2.05, 4.69) is 26.6 Å². The number of aliphatic hydroxyl groups is 1. The van der Waals surface area contributed by atoms with Crippen molar-refractivity contribution in [3.8, 4) is 0 Å². The normalized spacial score (nSPS) is 14.7. The maximum Gasteiger partial charge on any atom is 0.326 e.